The molecule has 0 aromatic heterocycles. The molecular weight excluding hydrogens is 465 g/mol. The highest BCUT2D eigenvalue weighted by atomic mass is 35.5. The first-order valence-corrected chi connectivity index (χ1v) is 13.0. The van der Waals surface area contributed by atoms with Crippen molar-refractivity contribution in [2.45, 2.75) is 38.4 Å². The van der Waals surface area contributed by atoms with Crippen LogP contribution >= 0.6 is 11.6 Å². The second-order valence-corrected chi connectivity index (χ2v) is 10.9. The Morgan fingerprint density at radius 2 is 1.79 bits per heavy atom. The first kappa shape index (κ1) is 25.4. The number of piperazine rings is 1. The molecular formula is C24H29ClFN3O3S. The maximum atomic E-state index is 13.3. The zero-order chi connectivity index (χ0) is 24.2. The molecule has 0 saturated carbocycles. The molecule has 2 aromatic carbocycles. The van der Waals surface area contributed by atoms with Gasteiger partial charge in [-0.2, -0.15) is 0 Å². The molecule has 0 bridgehead atoms. The van der Waals surface area contributed by atoms with E-state index in [4.69, 9.17) is 11.6 Å². The van der Waals surface area contributed by atoms with Gasteiger partial charge in [0.15, 0.2) is 0 Å². The van der Waals surface area contributed by atoms with E-state index in [0.29, 0.717) is 30.4 Å². The number of hydrogen-bond acceptors (Lipinski definition) is 5. The third kappa shape index (κ3) is 6.88. The molecule has 2 aromatic rings. The summed E-state index contributed by atoms with van der Waals surface area (Å²) in [7, 11) is -3.36. The van der Waals surface area contributed by atoms with Crippen LogP contribution < -0.4 is 4.72 Å². The normalized spacial score (nSPS) is 20.5. The Hall–Kier alpha value is -2.22. The van der Waals surface area contributed by atoms with Crippen LogP contribution in [0.1, 0.15) is 30.9 Å². The molecule has 3 atom stereocenters. The quantitative estimate of drug-likeness (QED) is 0.571. The van der Waals surface area contributed by atoms with Crippen molar-refractivity contribution >= 4 is 27.6 Å². The molecule has 3 rings (SSSR count). The molecule has 6 nitrogen and oxygen atoms in total. The number of halogens is 2. The highest BCUT2D eigenvalue weighted by molar-refractivity contribution is 7.88. The topological polar surface area (TPSA) is 69.7 Å². The fraction of sp³-hybridized carbons (Fsp3) is 0.417. The molecule has 1 aliphatic rings. The lowest BCUT2D eigenvalue weighted by molar-refractivity contribution is 0.0785. The number of rotatable bonds is 8. The van der Waals surface area contributed by atoms with Crippen LogP contribution in [0.2, 0.25) is 5.02 Å². The van der Waals surface area contributed by atoms with Crippen molar-refractivity contribution in [2.75, 3.05) is 25.9 Å². The molecule has 1 saturated heterocycles. The number of hydrogen-bond donors (Lipinski definition) is 1. The van der Waals surface area contributed by atoms with E-state index < -0.39 is 10.0 Å². The molecule has 0 radical (unpaired) electrons. The standard InChI is InChI=1S/C24H29ClFN3O3S/c1-17-13-28(15-21(12-27-33(3,31)32)20-6-8-22(25)9-7-20)18(2)24(16-30)29(17)14-19-4-10-23(26)11-5-19/h4-11,17-18,21,27H,12-15H2,1-3H3/t17-,18+,21?/m1/s1. The van der Waals surface area contributed by atoms with Crippen molar-refractivity contribution in [1.29, 1.82) is 0 Å². The number of benzene rings is 2. The fourth-order valence-corrected chi connectivity index (χ4v) is 4.84. The van der Waals surface area contributed by atoms with E-state index >= 15 is 0 Å². The number of sulfonamides is 1. The Morgan fingerprint density at radius 3 is 2.36 bits per heavy atom. The van der Waals surface area contributed by atoms with Gasteiger partial charge in [0.1, 0.15) is 17.5 Å². The Morgan fingerprint density at radius 1 is 1.15 bits per heavy atom. The van der Waals surface area contributed by atoms with Gasteiger partial charge in [0.25, 0.3) is 0 Å². The van der Waals surface area contributed by atoms with E-state index in [-0.39, 0.29) is 30.4 Å². The van der Waals surface area contributed by atoms with Gasteiger partial charge >= 0.3 is 0 Å². The summed E-state index contributed by atoms with van der Waals surface area (Å²) < 4.78 is 39.4. The van der Waals surface area contributed by atoms with Crippen molar-refractivity contribution in [1.82, 2.24) is 14.5 Å². The maximum Gasteiger partial charge on any atom is 0.208 e. The Kier molecular flexibility index (Phi) is 8.32. The van der Waals surface area contributed by atoms with E-state index in [2.05, 4.69) is 15.6 Å². The first-order valence-electron chi connectivity index (χ1n) is 10.8. The number of nitrogens with zero attached hydrogens (tertiary/aromatic N) is 2. The molecule has 9 heteroatoms. The third-order valence-electron chi connectivity index (χ3n) is 6.04. The van der Waals surface area contributed by atoms with E-state index in [1.807, 2.05) is 30.9 Å². The average molecular weight is 494 g/mol. The lowest BCUT2D eigenvalue weighted by Crippen LogP contribution is -2.55. The molecule has 1 N–H and O–H groups in total. The summed E-state index contributed by atoms with van der Waals surface area (Å²) in [6.07, 6.45) is 1.14. The minimum Gasteiger partial charge on any atom is -0.356 e. The van der Waals surface area contributed by atoms with Gasteiger partial charge in [-0.15, -0.1) is 0 Å². The summed E-state index contributed by atoms with van der Waals surface area (Å²) in [6.45, 7) is 5.93. The summed E-state index contributed by atoms with van der Waals surface area (Å²) in [4.78, 5) is 16.2. The van der Waals surface area contributed by atoms with E-state index in [9.17, 15) is 17.6 Å². The molecule has 1 fully saturated rings. The zero-order valence-electron chi connectivity index (χ0n) is 19.0. The molecule has 1 heterocycles. The van der Waals surface area contributed by atoms with Crippen LogP contribution in [0.4, 0.5) is 4.39 Å². The van der Waals surface area contributed by atoms with Crippen LogP contribution in [0.5, 0.6) is 0 Å². The summed E-state index contributed by atoms with van der Waals surface area (Å²) in [5.41, 5.74) is 2.40. The molecule has 178 valence electrons. The predicted octanol–water partition coefficient (Wildman–Crippen LogP) is 3.42. The molecule has 0 spiro atoms. The lowest BCUT2D eigenvalue weighted by Gasteiger charge is -2.46. The van der Waals surface area contributed by atoms with Gasteiger partial charge in [0.2, 0.25) is 10.0 Å². The second kappa shape index (κ2) is 10.8. The van der Waals surface area contributed by atoms with Gasteiger partial charge in [-0.3, -0.25) is 4.90 Å². The van der Waals surface area contributed by atoms with Crippen LogP contribution in [-0.4, -0.2) is 62.1 Å². The SMILES string of the molecule is C[C@@H]1CN(CC(CNS(C)(=O)=O)c2ccc(Cl)cc2)[C@@H](C)C(=C=O)N1Cc1ccc(F)cc1. The van der Waals surface area contributed by atoms with E-state index in [0.717, 1.165) is 17.4 Å². The highest BCUT2D eigenvalue weighted by Crippen LogP contribution is 2.28. The Labute approximate surface area is 200 Å². The largest absolute Gasteiger partial charge is 0.356 e. The lowest BCUT2D eigenvalue weighted by atomic mass is 9.95. The summed E-state index contributed by atoms with van der Waals surface area (Å²) >= 11 is 6.03. The molecule has 1 aliphatic heterocycles. The van der Waals surface area contributed by atoms with E-state index in [1.165, 1.54) is 12.1 Å². The van der Waals surface area contributed by atoms with Crippen molar-refractivity contribution < 1.29 is 17.6 Å². The van der Waals surface area contributed by atoms with Gasteiger partial charge in [0, 0.05) is 43.2 Å². The molecule has 1 unspecified atom stereocenters. The second-order valence-electron chi connectivity index (χ2n) is 8.59. The average Bonchev–Trinajstić information content (AvgIpc) is 2.76. The van der Waals surface area contributed by atoms with Crippen molar-refractivity contribution in [3.8, 4) is 0 Å². The van der Waals surface area contributed by atoms with Gasteiger partial charge in [-0.25, -0.2) is 22.3 Å². The third-order valence-corrected chi connectivity index (χ3v) is 6.99. The van der Waals surface area contributed by atoms with Crippen LogP contribution in [0.15, 0.2) is 54.2 Å². The minimum atomic E-state index is -3.36. The van der Waals surface area contributed by atoms with Crippen LogP contribution in [0.25, 0.3) is 0 Å². The molecule has 33 heavy (non-hydrogen) atoms. The maximum absolute atomic E-state index is 13.3. The number of nitrogens with one attached hydrogen (secondary N) is 1. The van der Waals surface area contributed by atoms with Gasteiger partial charge < -0.3 is 4.90 Å². The summed E-state index contributed by atoms with van der Waals surface area (Å²) in [5.74, 6) is 1.69. The smallest absolute Gasteiger partial charge is 0.208 e. The Bertz CT molecular complexity index is 1100. The van der Waals surface area contributed by atoms with Crippen molar-refractivity contribution in [3.05, 3.63) is 76.2 Å². The van der Waals surface area contributed by atoms with E-state index in [1.54, 1.807) is 24.3 Å². The summed E-state index contributed by atoms with van der Waals surface area (Å²) in [5, 5.41) is 0.608. The van der Waals surface area contributed by atoms with Crippen LogP contribution in [0.3, 0.4) is 0 Å². The first-order chi connectivity index (χ1) is 15.6. The highest BCUT2D eigenvalue weighted by Gasteiger charge is 2.35. The monoisotopic (exact) mass is 493 g/mol. The fourth-order valence-electron chi connectivity index (χ4n) is 4.21. The molecule has 0 amide bonds. The van der Waals surface area contributed by atoms with Gasteiger partial charge in [0.05, 0.1) is 12.3 Å². The van der Waals surface area contributed by atoms with Crippen molar-refractivity contribution in [2.24, 2.45) is 0 Å². The minimum absolute atomic E-state index is 0.0106. The van der Waals surface area contributed by atoms with Crippen LogP contribution in [-0.2, 0) is 21.4 Å². The Balaban J connectivity index is 1.80. The predicted molar refractivity (Wildman–Crippen MR) is 129 cm³/mol. The van der Waals surface area contributed by atoms with Gasteiger partial charge in [-0.1, -0.05) is 35.9 Å². The van der Waals surface area contributed by atoms with Gasteiger partial charge in [-0.05, 0) is 49.2 Å². The number of carbonyl (C=O) groups excluding carboxylic acids is 1. The summed E-state index contributed by atoms with van der Waals surface area (Å²) in [6, 6.07) is 13.4. The molecule has 0 aliphatic carbocycles. The van der Waals surface area contributed by atoms with Crippen LogP contribution in [0, 0.1) is 5.82 Å². The van der Waals surface area contributed by atoms with Crippen molar-refractivity contribution in [3.63, 3.8) is 0 Å². The zero-order valence-corrected chi connectivity index (χ0v) is 20.5.